The van der Waals surface area contributed by atoms with Crippen LogP contribution in [0.1, 0.15) is 12.8 Å². The Kier molecular flexibility index (Phi) is 4.39. The Morgan fingerprint density at radius 1 is 1.36 bits per heavy atom. The average molecular weight is 300 g/mol. The van der Waals surface area contributed by atoms with E-state index < -0.39 is 0 Å². The molecular weight excluding hydrogens is 280 g/mol. The number of hydrogen-bond donors (Lipinski definition) is 2. The van der Waals surface area contributed by atoms with Gasteiger partial charge in [0.05, 0.1) is 13.2 Å². The lowest BCUT2D eigenvalue weighted by atomic mass is 10.1. The summed E-state index contributed by atoms with van der Waals surface area (Å²) < 4.78 is 10.8. The second kappa shape index (κ2) is 6.62. The van der Waals surface area contributed by atoms with Gasteiger partial charge in [0.1, 0.15) is 11.6 Å². The molecule has 0 radical (unpaired) electrons. The molecule has 2 aromatic rings. The minimum absolute atomic E-state index is 0.236. The molecule has 1 saturated heterocycles. The molecule has 116 valence electrons. The number of nitrogens with zero attached hydrogens (tertiary/aromatic N) is 2. The fourth-order valence-electron chi connectivity index (χ4n) is 2.53. The van der Waals surface area contributed by atoms with Crippen molar-refractivity contribution in [2.24, 2.45) is 0 Å². The number of nitrogens with two attached hydrogens (primary N) is 1. The molecule has 3 N–H and O–H groups in total. The van der Waals surface area contributed by atoms with E-state index in [0.717, 1.165) is 48.7 Å². The van der Waals surface area contributed by atoms with E-state index >= 15 is 0 Å². The maximum atomic E-state index is 5.72. The summed E-state index contributed by atoms with van der Waals surface area (Å²) in [7, 11) is 1.65. The molecule has 1 aromatic carbocycles. The Morgan fingerprint density at radius 3 is 2.86 bits per heavy atom. The molecule has 1 aliphatic rings. The van der Waals surface area contributed by atoms with Crippen molar-refractivity contribution in [3.8, 4) is 16.9 Å². The summed E-state index contributed by atoms with van der Waals surface area (Å²) in [6.45, 7) is 1.56. The van der Waals surface area contributed by atoms with Crippen molar-refractivity contribution in [1.29, 1.82) is 0 Å². The second-order valence-electron chi connectivity index (χ2n) is 5.23. The van der Waals surface area contributed by atoms with Gasteiger partial charge < -0.3 is 20.5 Å². The van der Waals surface area contributed by atoms with Crippen LogP contribution >= 0.6 is 0 Å². The topological polar surface area (TPSA) is 82.3 Å². The third kappa shape index (κ3) is 3.28. The number of anilines is 2. The number of benzene rings is 1. The molecule has 1 atom stereocenters. The highest BCUT2D eigenvalue weighted by Crippen LogP contribution is 2.28. The van der Waals surface area contributed by atoms with Gasteiger partial charge in [-0.1, -0.05) is 12.1 Å². The van der Waals surface area contributed by atoms with E-state index in [0.29, 0.717) is 0 Å². The van der Waals surface area contributed by atoms with E-state index in [-0.39, 0.29) is 12.1 Å². The van der Waals surface area contributed by atoms with Crippen LogP contribution in [-0.4, -0.2) is 36.3 Å². The summed E-state index contributed by atoms with van der Waals surface area (Å²) in [6.07, 6.45) is 4.16. The van der Waals surface area contributed by atoms with Crippen LogP contribution in [0.2, 0.25) is 0 Å². The molecule has 3 rings (SSSR count). The molecule has 1 aromatic heterocycles. The van der Waals surface area contributed by atoms with Gasteiger partial charge in [0.15, 0.2) is 0 Å². The van der Waals surface area contributed by atoms with Crippen LogP contribution in [0.15, 0.2) is 30.5 Å². The number of nitrogens with one attached hydrogen (secondary N) is 1. The summed E-state index contributed by atoms with van der Waals surface area (Å²) in [5.41, 5.74) is 7.64. The molecule has 0 spiro atoms. The standard InChI is InChI=1S/C16H20N4O2/c1-21-12-6-4-11(5-7-12)14-10-19-16(17)20-15(14)18-9-13-3-2-8-22-13/h4-7,10,13H,2-3,8-9H2,1H3,(H3,17,18,19,20). The molecular formula is C16H20N4O2. The molecule has 6 nitrogen and oxygen atoms in total. The molecule has 1 fully saturated rings. The van der Waals surface area contributed by atoms with E-state index in [1.807, 2.05) is 24.3 Å². The lowest BCUT2D eigenvalue weighted by Crippen LogP contribution is -2.19. The molecule has 2 heterocycles. The van der Waals surface area contributed by atoms with Crippen LogP contribution in [-0.2, 0) is 4.74 Å². The summed E-state index contributed by atoms with van der Waals surface area (Å²) in [4.78, 5) is 8.42. The van der Waals surface area contributed by atoms with Gasteiger partial charge in [-0.2, -0.15) is 4.98 Å². The van der Waals surface area contributed by atoms with Gasteiger partial charge in [-0.15, -0.1) is 0 Å². The third-order valence-electron chi connectivity index (χ3n) is 3.73. The summed E-state index contributed by atoms with van der Waals surface area (Å²) in [6, 6.07) is 7.78. The zero-order valence-corrected chi connectivity index (χ0v) is 12.6. The van der Waals surface area contributed by atoms with Gasteiger partial charge in [-0.25, -0.2) is 4.98 Å². The molecule has 1 aliphatic heterocycles. The normalized spacial score (nSPS) is 17.4. The molecule has 1 unspecified atom stereocenters. The highest BCUT2D eigenvalue weighted by molar-refractivity contribution is 5.75. The van der Waals surface area contributed by atoms with Gasteiger partial charge in [0.2, 0.25) is 5.95 Å². The Balaban J connectivity index is 1.82. The van der Waals surface area contributed by atoms with Gasteiger partial charge in [0, 0.05) is 24.9 Å². The smallest absolute Gasteiger partial charge is 0.221 e. The van der Waals surface area contributed by atoms with Crippen LogP contribution in [0.3, 0.4) is 0 Å². The van der Waals surface area contributed by atoms with Crippen LogP contribution in [0.4, 0.5) is 11.8 Å². The highest BCUT2D eigenvalue weighted by Gasteiger charge is 2.16. The van der Waals surface area contributed by atoms with Gasteiger partial charge >= 0.3 is 0 Å². The lowest BCUT2D eigenvalue weighted by molar-refractivity contribution is 0.120. The van der Waals surface area contributed by atoms with Crippen LogP contribution < -0.4 is 15.8 Å². The summed E-state index contributed by atoms with van der Waals surface area (Å²) >= 11 is 0. The SMILES string of the molecule is COc1ccc(-c2cnc(N)nc2NCC2CCCO2)cc1. The Labute approximate surface area is 129 Å². The van der Waals surface area contributed by atoms with Crippen molar-refractivity contribution < 1.29 is 9.47 Å². The van der Waals surface area contributed by atoms with Gasteiger partial charge in [-0.05, 0) is 30.5 Å². The third-order valence-corrected chi connectivity index (χ3v) is 3.73. The van der Waals surface area contributed by atoms with Crippen LogP contribution in [0.5, 0.6) is 5.75 Å². The lowest BCUT2D eigenvalue weighted by Gasteiger charge is -2.14. The van der Waals surface area contributed by atoms with E-state index in [1.54, 1.807) is 13.3 Å². The first kappa shape index (κ1) is 14.6. The quantitative estimate of drug-likeness (QED) is 0.882. The largest absolute Gasteiger partial charge is 0.497 e. The van der Waals surface area contributed by atoms with E-state index in [1.165, 1.54) is 0 Å². The zero-order valence-electron chi connectivity index (χ0n) is 12.6. The minimum Gasteiger partial charge on any atom is -0.497 e. The van der Waals surface area contributed by atoms with Crippen molar-refractivity contribution in [1.82, 2.24) is 9.97 Å². The Hall–Kier alpha value is -2.34. The first-order chi connectivity index (χ1) is 10.8. The zero-order chi connectivity index (χ0) is 15.4. The Bertz CT molecular complexity index is 625. The van der Waals surface area contributed by atoms with Gasteiger partial charge in [-0.3, -0.25) is 0 Å². The first-order valence-corrected chi connectivity index (χ1v) is 7.38. The summed E-state index contributed by atoms with van der Waals surface area (Å²) in [5, 5.41) is 3.34. The molecule has 22 heavy (non-hydrogen) atoms. The Morgan fingerprint density at radius 2 is 2.18 bits per heavy atom. The predicted octanol–water partition coefficient (Wildman–Crippen LogP) is 2.33. The van der Waals surface area contributed by atoms with Crippen molar-refractivity contribution in [2.75, 3.05) is 31.3 Å². The maximum absolute atomic E-state index is 5.72. The maximum Gasteiger partial charge on any atom is 0.221 e. The molecule has 0 saturated carbocycles. The number of hydrogen-bond acceptors (Lipinski definition) is 6. The number of nitrogen functional groups attached to an aromatic ring is 1. The van der Waals surface area contributed by atoms with E-state index in [9.17, 15) is 0 Å². The van der Waals surface area contributed by atoms with Crippen molar-refractivity contribution in [3.63, 3.8) is 0 Å². The van der Waals surface area contributed by atoms with Crippen molar-refractivity contribution in [2.45, 2.75) is 18.9 Å². The number of rotatable bonds is 5. The van der Waals surface area contributed by atoms with E-state index in [4.69, 9.17) is 15.2 Å². The van der Waals surface area contributed by atoms with Crippen molar-refractivity contribution >= 4 is 11.8 Å². The predicted molar refractivity (Wildman–Crippen MR) is 85.9 cm³/mol. The highest BCUT2D eigenvalue weighted by atomic mass is 16.5. The second-order valence-corrected chi connectivity index (χ2v) is 5.23. The molecule has 0 amide bonds. The van der Waals surface area contributed by atoms with E-state index in [2.05, 4.69) is 15.3 Å². The van der Waals surface area contributed by atoms with Crippen LogP contribution in [0.25, 0.3) is 11.1 Å². The number of methoxy groups -OCH3 is 1. The molecule has 0 bridgehead atoms. The molecule has 0 aliphatic carbocycles. The fraction of sp³-hybridized carbons (Fsp3) is 0.375. The minimum atomic E-state index is 0.236. The van der Waals surface area contributed by atoms with Gasteiger partial charge in [0.25, 0.3) is 0 Å². The summed E-state index contributed by atoms with van der Waals surface area (Å²) in [5.74, 6) is 1.80. The van der Waals surface area contributed by atoms with Crippen molar-refractivity contribution in [3.05, 3.63) is 30.5 Å². The average Bonchev–Trinajstić information content (AvgIpc) is 3.07. The fourth-order valence-corrected chi connectivity index (χ4v) is 2.53. The number of aromatic nitrogens is 2. The molecule has 6 heteroatoms. The number of ether oxygens (including phenoxy) is 2. The monoisotopic (exact) mass is 300 g/mol. The van der Waals surface area contributed by atoms with Crippen LogP contribution in [0, 0.1) is 0 Å². The first-order valence-electron chi connectivity index (χ1n) is 7.38.